The highest BCUT2D eigenvalue weighted by Gasteiger charge is 2.58. The number of halogens is 4. The van der Waals surface area contributed by atoms with Crippen LogP contribution in [0.5, 0.6) is 5.75 Å². The number of nitrogen functional groups attached to an aromatic ring is 1. The van der Waals surface area contributed by atoms with E-state index in [1.54, 1.807) is 18.3 Å². The number of aliphatic hydroxyl groups excluding tert-OH is 1. The lowest BCUT2D eigenvalue weighted by Crippen LogP contribution is -2.37. The summed E-state index contributed by atoms with van der Waals surface area (Å²) in [6.07, 6.45) is -3.72. The van der Waals surface area contributed by atoms with Crippen molar-refractivity contribution >= 4 is 30.0 Å². The zero-order chi connectivity index (χ0) is 26.5. The topological polar surface area (TPSA) is 99.7 Å². The molecule has 3 aromatic rings. The Morgan fingerprint density at radius 1 is 1.16 bits per heavy atom. The minimum atomic E-state index is -4.58. The van der Waals surface area contributed by atoms with Gasteiger partial charge in [0, 0.05) is 39.8 Å². The summed E-state index contributed by atoms with van der Waals surface area (Å²) in [5.41, 5.74) is 6.98. The van der Waals surface area contributed by atoms with E-state index in [9.17, 15) is 18.3 Å². The zero-order valence-electron chi connectivity index (χ0n) is 19.4. The average molecular weight is 554 g/mol. The van der Waals surface area contributed by atoms with Crippen LogP contribution in [0.1, 0.15) is 35.8 Å². The predicted octanol–water partition coefficient (Wildman–Crippen LogP) is 5.04. The molecule has 5 rings (SSSR count). The molecule has 37 heavy (non-hydrogen) atoms. The number of hydrogen-bond donors (Lipinski definition) is 3. The first-order valence-corrected chi connectivity index (χ1v) is 12.2. The van der Waals surface area contributed by atoms with Gasteiger partial charge in [-0.25, -0.2) is 4.98 Å². The van der Waals surface area contributed by atoms with Gasteiger partial charge in [-0.15, -0.1) is 12.6 Å². The second-order valence-electron chi connectivity index (χ2n) is 9.01. The Bertz CT molecular complexity index is 1310. The van der Waals surface area contributed by atoms with Crippen molar-refractivity contribution in [3.05, 3.63) is 70.6 Å². The van der Waals surface area contributed by atoms with Crippen LogP contribution in [0, 0.1) is 0 Å². The molecule has 3 N–H and O–H groups in total. The number of benzene rings is 1. The number of aliphatic hydroxyl groups is 1. The van der Waals surface area contributed by atoms with Crippen LogP contribution in [0.15, 0.2) is 48.8 Å². The number of alkyl halides is 3. The molecule has 2 aromatic heterocycles. The van der Waals surface area contributed by atoms with Crippen molar-refractivity contribution in [2.45, 2.75) is 42.3 Å². The third-order valence-corrected chi connectivity index (χ3v) is 7.53. The number of anilines is 1. The number of nitrogens with two attached hydrogens (primary N) is 1. The van der Waals surface area contributed by atoms with Crippen molar-refractivity contribution in [1.29, 1.82) is 0 Å². The number of thiol groups is 1. The summed E-state index contributed by atoms with van der Waals surface area (Å²) < 4.78 is 57.8. The van der Waals surface area contributed by atoms with Crippen LogP contribution in [0.2, 0.25) is 5.02 Å². The van der Waals surface area contributed by atoms with E-state index in [4.69, 9.17) is 31.5 Å². The fourth-order valence-corrected chi connectivity index (χ4v) is 5.39. The van der Waals surface area contributed by atoms with Gasteiger partial charge >= 0.3 is 6.18 Å². The molecule has 0 spiro atoms. The molecule has 0 amide bonds. The molecule has 1 aromatic carbocycles. The van der Waals surface area contributed by atoms with Gasteiger partial charge in [0.15, 0.2) is 11.6 Å². The first-order chi connectivity index (χ1) is 17.5. The second-order valence-corrected chi connectivity index (χ2v) is 10.1. The fraction of sp³-hybridized carbons (Fsp3) is 0.360. The maximum absolute atomic E-state index is 13.5. The van der Waals surface area contributed by atoms with Crippen LogP contribution in [0.3, 0.4) is 0 Å². The molecule has 2 saturated heterocycles. The molecule has 0 aliphatic carbocycles. The highest BCUT2D eigenvalue weighted by atomic mass is 35.5. The van der Waals surface area contributed by atoms with Crippen LogP contribution in [0.4, 0.5) is 19.0 Å². The monoisotopic (exact) mass is 553 g/mol. The summed E-state index contributed by atoms with van der Waals surface area (Å²) in [6, 6.07) is 8.55. The summed E-state index contributed by atoms with van der Waals surface area (Å²) in [5.74, 6) is -0.132. The largest absolute Gasteiger partial charge is 0.482 e. The quantitative estimate of drug-likeness (QED) is 0.381. The molecule has 7 nitrogen and oxygen atoms in total. The summed E-state index contributed by atoms with van der Waals surface area (Å²) in [7, 11) is 0. The zero-order valence-corrected chi connectivity index (χ0v) is 21.1. The van der Waals surface area contributed by atoms with Crippen LogP contribution in [-0.4, -0.2) is 45.4 Å². The van der Waals surface area contributed by atoms with Crippen molar-refractivity contribution in [3.63, 3.8) is 0 Å². The Labute approximate surface area is 221 Å². The van der Waals surface area contributed by atoms with E-state index in [0.717, 1.165) is 6.07 Å². The Morgan fingerprint density at radius 2 is 1.92 bits per heavy atom. The van der Waals surface area contributed by atoms with E-state index in [0.29, 0.717) is 23.4 Å². The van der Waals surface area contributed by atoms with E-state index in [1.807, 2.05) is 6.07 Å². The Balaban J connectivity index is 1.38. The summed E-state index contributed by atoms with van der Waals surface area (Å²) in [5, 5.41) is 10.2. The van der Waals surface area contributed by atoms with E-state index in [1.165, 1.54) is 25.3 Å². The number of nitrogens with zero attached hydrogens (tertiary/aromatic N) is 2. The van der Waals surface area contributed by atoms with Crippen molar-refractivity contribution in [1.82, 2.24) is 9.97 Å². The first-order valence-electron chi connectivity index (χ1n) is 11.4. The van der Waals surface area contributed by atoms with Crippen LogP contribution < -0.4 is 10.5 Å². The molecule has 0 saturated carbocycles. The number of ether oxygens (including phenoxy) is 3. The van der Waals surface area contributed by atoms with E-state index in [-0.39, 0.29) is 34.7 Å². The third kappa shape index (κ3) is 4.86. The Morgan fingerprint density at radius 3 is 2.62 bits per heavy atom. The van der Waals surface area contributed by atoms with Gasteiger partial charge in [0.1, 0.15) is 23.2 Å². The number of aromatic nitrogens is 2. The maximum atomic E-state index is 13.5. The molecule has 2 aliphatic rings. The Hall–Kier alpha value is -2.57. The average Bonchev–Trinajstić information content (AvgIpc) is 3.34. The highest BCUT2D eigenvalue weighted by Crippen LogP contribution is 2.48. The lowest BCUT2D eigenvalue weighted by Gasteiger charge is -2.27. The van der Waals surface area contributed by atoms with Gasteiger partial charge in [-0.05, 0) is 37.3 Å². The molecule has 2 aliphatic heterocycles. The molecular formula is C25H23ClF3N3O4S. The van der Waals surface area contributed by atoms with E-state index < -0.39 is 35.0 Å². The smallest absolute Gasteiger partial charge is 0.416 e. The summed E-state index contributed by atoms with van der Waals surface area (Å²) in [6.45, 7) is 1.93. The van der Waals surface area contributed by atoms with Crippen LogP contribution in [-0.2, 0) is 15.7 Å². The predicted molar refractivity (Wildman–Crippen MR) is 134 cm³/mol. The van der Waals surface area contributed by atoms with Crippen LogP contribution >= 0.6 is 24.2 Å². The molecule has 12 heteroatoms. The molecule has 4 heterocycles. The summed E-state index contributed by atoms with van der Waals surface area (Å²) in [4.78, 5) is 7.73. The standard InChI is InChI=1S/C25H23ClF3N3O4S/c1-12(16-7-15(26)3-4-17(16)25(27,28)29)36-21-6-14(9-32-23(21)30)13-2-5-19(31-8-13)18-10-34-22-20(33)11-35-24(18,22)37/h2-9,12,18,20,22,33,37H,10-11H2,1H3,(H2,30,32)/t12-,18+,20+,22?,24?/m0/s1. The van der Waals surface area contributed by atoms with Gasteiger partial charge < -0.3 is 25.1 Å². The van der Waals surface area contributed by atoms with Crippen molar-refractivity contribution in [2.24, 2.45) is 0 Å². The number of pyridine rings is 2. The fourth-order valence-electron chi connectivity index (χ4n) is 4.68. The number of hydrogen-bond acceptors (Lipinski definition) is 8. The number of fused-ring (bicyclic) bond motifs is 1. The SMILES string of the molecule is C[C@H](Oc1cc(-c2ccc([C@H]3COC4[C@H](O)COC43S)nc2)cnc1N)c1cc(Cl)ccc1C(F)(F)F. The van der Waals surface area contributed by atoms with Gasteiger partial charge in [-0.1, -0.05) is 17.7 Å². The molecule has 5 atom stereocenters. The number of rotatable bonds is 5. The molecule has 2 fully saturated rings. The van der Waals surface area contributed by atoms with Crippen molar-refractivity contribution < 1.29 is 32.5 Å². The lowest BCUT2D eigenvalue weighted by molar-refractivity contribution is -0.138. The van der Waals surface area contributed by atoms with Gasteiger partial charge in [0.05, 0.1) is 24.7 Å². The van der Waals surface area contributed by atoms with E-state index >= 15 is 0 Å². The van der Waals surface area contributed by atoms with Crippen molar-refractivity contribution in [3.8, 4) is 16.9 Å². The van der Waals surface area contributed by atoms with Gasteiger partial charge in [-0.3, -0.25) is 4.98 Å². The van der Waals surface area contributed by atoms with Gasteiger partial charge in [0.25, 0.3) is 0 Å². The first kappa shape index (κ1) is 26.1. The normalized spacial score (nSPS) is 26.2. The minimum absolute atomic E-state index is 0.0267. The second kappa shape index (κ2) is 9.63. The minimum Gasteiger partial charge on any atom is -0.482 e. The van der Waals surface area contributed by atoms with Gasteiger partial charge in [-0.2, -0.15) is 13.2 Å². The Kier molecular flexibility index (Phi) is 6.78. The lowest BCUT2D eigenvalue weighted by atomic mass is 9.95. The molecule has 0 bridgehead atoms. The van der Waals surface area contributed by atoms with Crippen LogP contribution in [0.25, 0.3) is 11.1 Å². The molecular weight excluding hydrogens is 531 g/mol. The molecule has 0 radical (unpaired) electrons. The van der Waals surface area contributed by atoms with Gasteiger partial charge in [0.2, 0.25) is 0 Å². The summed E-state index contributed by atoms with van der Waals surface area (Å²) >= 11 is 10.6. The van der Waals surface area contributed by atoms with E-state index in [2.05, 4.69) is 22.6 Å². The molecule has 2 unspecified atom stereocenters. The third-order valence-electron chi connectivity index (χ3n) is 6.60. The maximum Gasteiger partial charge on any atom is 0.416 e. The van der Waals surface area contributed by atoms with Crippen molar-refractivity contribution in [2.75, 3.05) is 18.9 Å². The molecule has 196 valence electrons. The highest BCUT2D eigenvalue weighted by molar-refractivity contribution is 7.81.